The number of ether oxygens (including phenoxy) is 2. The largest absolute Gasteiger partial charge is 0.480 e. The fourth-order valence-electron chi connectivity index (χ4n) is 1.24. The van der Waals surface area contributed by atoms with Crippen molar-refractivity contribution in [2.24, 2.45) is 22.9 Å². The van der Waals surface area contributed by atoms with Gasteiger partial charge in [-0.2, -0.15) is 11.8 Å². The van der Waals surface area contributed by atoms with Crippen molar-refractivity contribution in [3.05, 3.63) is 0 Å². The molecule has 0 aliphatic rings. The van der Waals surface area contributed by atoms with Crippen LogP contribution in [0.4, 0.5) is 0 Å². The minimum absolute atomic E-state index is 0.278. The van der Waals surface area contributed by atoms with Gasteiger partial charge in [0.1, 0.15) is 30.8 Å². The highest BCUT2D eigenvalue weighted by molar-refractivity contribution is 7.98. The van der Waals surface area contributed by atoms with E-state index in [1.807, 2.05) is 6.26 Å². The van der Waals surface area contributed by atoms with E-state index < -0.39 is 54.7 Å². The molecule has 27 heavy (non-hydrogen) atoms. The minimum atomic E-state index is -1.34. The molecule has 0 aliphatic heterocycles. The zero-order valence-electron chi connectivity index (χ0n) is 15.2. The number of carbonyl (C=O) groups excluding carboxylic acids is 2. The molecule has 0 radical (unpaired) electrons. The number of carboxylic acid groups (broad SMARTS) is 2. The molecule has 0 saturated carbocycles. The Labute approximate surface area is 160 Å². The Kier molecular flexibility index (Phi) is 15.3. The Morgan fingerprint density at radius 1 is 1.04 bits per heavy atom. The summed E-state index contributed by atoms with van der Waals surface area (Å²) in [5, 5.41) is 16.2. The number of carboxylic acids is 2. The van der Waals surface area contributed by atoms with Gasteiger partial charge in [0.15, 0.2) is 0 Å². The molecule has 0 aromatic heterocycles. The second-order valence-electron chi connectivity index (χ2n) is 5.23. The smallest absolute Gasteiger partial charge is 0.326 e. The Morgan fingerprint density at radius 2 is 1.56 bits per heavy atom. The maximum atomic E-state index is 11.7. The molecule has 0 unspecified atom stereocenters. The zero-order valence-corrected chi connectivity index (χ0v) is 16.0. The summed E-state index contributed by atoms with van der Waals surface area (Å²) in [5.74, 6) is -3.14. The Morgan fingerprint density at radius 3 is 1.96 bits per heavy atom. The molecule has 0 heterocycles. The quantitative estimate of drug-likeness (QED) is 0.190. The molecule has 10 N–H and O–H groups in total. The second kappa shape index (κ2) is 15.2. The van der Waals surface area contributed by atoms with Crippen molar-refractivity contribution < 1.29 is 38.9 Å². The van der Waals surface area contributed by atoms with E-state index in [0.29, 0.717) is 12.2 Å². The summed E-state index contributed by atoms with van der Waals surface area (Å²) >= 11 is 1.54. The molecule has 0 amide bonds. The van der Waals surface area contributed by atoms with Gasteiger partial charge in [-0.1, -0.05) is 0 Å². The summed E-state index contributed by atoms with van der Waals surface area (Å²) in [7, 11) is 0. The third-order valence-electron chi connectivity index (χ3n) is 2.91. The third kappa shape index (κ3) is 13.9. The van der Waals surface area contributed by atoms with Crippen molar-refractivity contribution >= 4 is 35.6 Å². The fourth-order valence-corrected chi connectivity index (χ4v) is 1.73. The molecule has 0 aliphatic carbocycles. The SMILES string of the molecule is CSCC[C@H](N)C(=O)O[C@H](C)[C@H](N)C(=O)OC[C@H](N)C(=O)O.NCC(=O)O. The van der Waals surface area contributed by atoms with Crippen LogP contribution in [0.5, 0.6) is 0 Å². The normalized spacial score (nSPS) is 14.6. The lowest BCUT2D eigenvalue weighted by Gasteiger charge is -2.21. The second-order valence-corrected chi connectivity index (χ2v) is 6.21. The predicted octanol–water partition coefficient (Wildman–Crippen LogP) is -2.69. The van der Waals surface area contributed by atoms with Gasteiger partial charge in [0.05, 0.1) is 6.54 Å². The van der Waals surface area contributed by atoms with Crippen LogP contribution in [0.2, 0.25) is 0 Å². The highest BCUT2D eigenvalue weighted by atomic mass is 32.2. The fraction of sp³-hybridized carbons (Fsp3) is 0.714. The monoisotopic (exact) mass is 412 g/mol. The highest BCUT2D eigenvalue weighted by Gasteiger charge is 2.28. The Hall–Kier alpha value is -1.93. The highest BCUT2D eigenvalue weighted by Crippen LogP contribution is 2.05. The summed E-state index contributed by atoms with van der Waals surface area (Å²) in [4.78, 5) is 43.0. The van der Waals surface area contributed by atoms with E-state index in [9.17, 15) is 19.2 Å². The first-order valence-corrected chi connectivity index (χ1v) is 9.14. The maximum Gasteiger partial charge on any atom is 0.326 e. The molecular weight excluding hydrogens is 384 g/mol. The first-order valence-electron chi connectivity index (χ1n) is 7.75. The summed E-state index contributed by atoms with van der Waals surface area (Å²) in [6.45, 7) is 0.623. The summed E-state index contributed by atoms with van der Waals surface area (Å²) < 4.78 is 9.66. The molecule has 0 fully saturated rings. The summed E-state index contributed by atoms with van der Waals surface area (Å²) in [6.07, 6.45) is 1.37. The predicted molar refractivity (Wildman–Crippen MR) is 97.8 cm³/mol. The molecule has 4 atom stereocenters. The number of hydrogen-bond acceptors (Lipinski definition) is 11. The van der Waals surface area contributed by atoms with Gasteiger partial charge in [-0.15, -0.1) is 0 Å². The number of hydrogen-bond donors (Lipinski definition) is 6. The van der Waals surface area contributed by atoms with Gasteiger partial charge in [-0.3, -0.25) is 19.2 Å². The van der Waals surface area contributed by atoms with Crippen molar-refractivity contribution in [2.45, 2.75) is 37.6 Å². The molecule has 0 aromatic carbocycles. The van der Waals surface area contributed by atoms with Crippen LogP contribution in [0.1, 0.15) is 13.3 Å². The lowest BCUT2D eigenvalue weighted by Crippen LogP contribution is -2.47. The van der Waals surface area contributed by atoms with Crippen LogP contribution >= 0.6 is 11.8 Å². The Bertz CT molecular complexity index is 494. The molecule has 0 aromatic rings. The van der Waals surface area contributed by atoms with Gasteiger partial charge >= 0.3 is 23.9 Å². The van der Waals surface area contributed by atoms with Gasteiger partial charge in [0.2, 0.25) is 0 Å². The van der Waals surface area contributed by atoms with Gasteiger partial charge in [-0.05, 0) is 25.4 Å². The van der Waals surface area contributed by atoms with E-state index in [-0.39, 0.29) is 6.54 Å². The minimum Gasteiger partial charge on any atom is -0.480 e. The van der Waals surface area contributed by atoms with Crippen LogP contribution in [0.25, 0.3) is 0 Å². The number of nitrogens with two attached hydrogens (primary N) is 4. The van der Waals surface area contributed by atoms with Crippen molar-refractivity contribution in [1.29, 1.82) is 0 Å². The molecule has 0 bridgehead atoms. The van der Waals surface area contributed by atoms with Crippen LogP contribution in [0, 0.1) is 0 Å². The van der Waals surface area contributed by atoms with E-state index >= 15 is 0 Å². The average molecular weight is 412 g/mol. The van der Waals surface area contributed by atoms with Crippen LogP contribution in [-0.2, 0) is 28.7 Å². The molecule has 12 nitrogen and oxygen atoms in total. The molecule has 0 saturated heterocycles. The van der Waals surface area contributed by atoms with Crippen molar-refractivity contribution in [3.63, 3.8) is 0 Å². The summed E-state index contributed by atoms with van der Waals surface area (Å²) in [5.41, 5.74) is 21.0. The maximum absolute atomic E-state index is 11.7. The summed E-state index contributed by atoms with van der Waals surface area (Å²) in [6, 6.07) is -3.38. The molecule has 13 heteroatoms. The van der Waals surface area contributed by atoms with E-state index in [1.165, 1.54) is 6.92 Å². The number of thioether (sulfide) groups is 1. The van der Waals surface area contributed by atoms with Crippen LogP contribution in [-0.4, -0.2) is 83.5 Å². The van der Waals surface area contributed by atoms with Gasteiger partial charge in [-0.25, -0.2) is 0 Å². The number of esters is 2. The van der Waals surface area contributed by atoms with Crippen molar-refractivity contribution in [1.82, 2.24) is 0 Å². The van der Waals surface area contributed by atoms with Crippen molar-refractivity contribution in [2.75, 3.05) is 25.2 Å². The standard InChI is InChI=1S/C12H23N3O6S.C2H5NO2/c1-6(21-11(18)7(13)3-4-22-2)9(15)12(19)20-5-8(14)10(16)17;3-1-2(4)5/h6-9H,3-5,13-15H2,1-2H3,(H,16,17);1,3H2,(H,4,5)/t6-,7+,8+,9+;/m1./s1. The topological polar surface area (TPSA) is 231 Å². The number of carbonyl (C=O) groups is 4. The van der Waals surface area contributed by atoms with Crippen LogP contribution < -0.4 is 22.9 Å². The first kappa shape index (κ1) is 27.3. The zero-order chi connectivity index (χ0) is 21.6. The molecule has 0 spiro atoms. The van der Waals surface area contributed by atoms with Gasteiger partial charge < -0.3 is 42.6 Å². The lowest BCUT2D eigenvalue weighted by atomic mass is 10.2. The first-order chi connectivity index (χ1) is 12.5. The average Bonchev–Trinajstić information content (AvgIpc) is 2.62. The van der Waals surface area contributed by atoms with Crippen LogP contribution in [0.15, 0.2) is 0 Å². The number of rotatable bonds is 11. The van der Waals surface area contributed by atoms with Crippen molar-refractivity contribution in [3.8, 4) is 0 Å². The number of aliphatic carboxylic acids is 2. The lowest BCUT2D eigenvalue weighted by molar-refractivity contribution is -0.158. The van der Waals surface area contributed by atoms with Crippen LogP contribution in [0.3, 0.4) is 0 Å². The van der Waals surface area contributed by atoms with Gasteiger partial charge in [0, 0.05) is 0 Å². The van der Waals surface area contributed by atoms with E-state index in [2.05, 4.69) is 10.5 Å². The van der Waals surface area contributed by atoms with E-state index in [0.717, 1.165) is 0 Å². The Balaban J connectivity index is 0. The third-order valence-corrected chi connectivity index (χ3v) is 3.56. The molecule has 0 rings (SSSR count). The van der Waals surface area contributed by atoms with E-state index in [1.54, 1.807) is 11.8 Å². The molecular formula is C14H28N4O8S. The molecule has 158 valence electrons. The van der Waals surface area contributed by atoms with Gasteiger partial charge in [0.25, 0.3) is 0 Å². The van der Waals surface area contributed by atoms with E-state index in [4.69, 9.17) is 32.2 Å².